The highest BCUT2D eigenvalue weighted by Crippen LogP contribution is 2.46. The van der Waals surface area contributed by atoms with Crippen molar-refractivity contribution < 1.29 is 19.1 Å². The number of rotatable bonds is 6. The highest BCUT2D eigenvalue weighted by atomic mass is 16.5. The van der Waals surface area contributed by atoms with Gasteiger partial charge in [0, 0.05) is 29.3 Å². The summed E-state index contributed by atoms with van der Waals surface area (Å²) < 4.78 is 11.2. The molecule has 36 heavy (non-hydrogen) atoms. The molecule has 2 aliphatic rings. The Hall–Kier alpha value is -4.12. The first-order valence-corrected chi connectivity index (χ1v) is 12.2. The number of allylic oxidation sites excluding steroid dienone is 3. The average Bonchev–Trinajstić information content (AvgIpc) is 2.92. The summed E-state index contributed by atoms with van der Waals surface area (Å²) in [6.07, 6.45) is 1.10. The number of carbonyl (C=O) groups excluding carboxylic acids is 2. The van der Waals surface area contributed by atoms with Gasteiger partial charge < -0.3 is 14.8 Å². The van der Waals surface area contributed by atoms with Gasteiger partial charge in [0.1, 0.15) is 12.4 Å². The van der Waals surface area contributed by atoms with Crippen molar-refractivity contribution in [1.82, 2.24) is 5.32 Å². The Labute approximate surface area is 211 Å². The standard InChI is InChI=1S/C31H29NO4/c1-20-28(31(34)36-19-21-10-5-3-6-11-21)29(23-14-9-15-25(16-23)35-2)30-26(32-20)17-24(18-27(30)33)22-12-7-4-8-13-22/h3-16,24,29,32H,17-19H2,1-2H3. The number of nitrogens with one attached hydrogen (secondary N) is 1. The van der Waals surface area contributed by atoms with Crippen molar-refractivity contribution in [2.75, 3.05) is 7.11 Å². The molecule has 0 amide bonds. The molecule has 1 aliphatic heterocycles. The fourth-order valence-corrected chi connectivity index (χ4v) is 5.23. The molecule has 0 bridgehead atoms. The van der Waals surface area contributed by atoms with Gasteiger partial charge in [0.15, 0.2) is 5.78 Å². The van der Waals surface area contributed by atoms with E-state index in [1.807, 2.05) is 79.7 Å². The maximum Gasteiger partial charge on any atom is 0.337 e. The van der Waals surface area contributed by atoms with Gasteiger partial charge in [0.2, 0.25) is 0 Å². The molecule has 182 valence electrons. The normalized spacial score (nSPS) is 19.4. The van der Waals surface area contributed by atoms with Crippen molar-refractivity contribution in [1.29, 1.82) is 0 Å². The molecule has 0 saturated heterocycles. The number of Topliss-reactive ketones (excluding diaryl/α,β-unsaturated/α-hetero) is 1. The third-order valence-electron chi connectivity index (χ3n) is 6.96. The Bertz CT molecular complexity index is 1340. The molecular formula is C31H29NO4. The topological polar surface area (TPSA) is 64.6 Å². The largest absolute Gasteiger partial charge is 0.497 e. The summed E-state index contributed by atoms with van der Waals surface area (Å²) in [4.78, 5) is 27.2. The third-order valence-corrected chi connectivity index (χ3v) is 6.96. The van der Waals surface area contributed by atoms with Gasteiger partial charge in [-0.3, -0.25) is 4.79 Å². The number of esters is 1. The minimum atomic E-state index is -0.524. The summed E-state index contributed by atoms with van der Waals surface area (Å²) in [5.74, 6) is -0.139. The van der Waals surface area contributed by atoms with Crippen molar-refractivity contribution in [2.24, 2.45) is 0 Å². The monoisotopic (exact) mass is 479 g/mol. The Morgan fingerprint density at radius 2 is 1.61 bits per heavy atom. The minimum Gasteiger partial charge on any atom is -0.497 e. The maximum atomic E-state index is 13.7. The molecule has 5 nitrogen and oxygen atoms in total. The SMILES string of the molecule is COc1cccc(C2C(C(=O)OCc3ccccc3)=C(C)NC3=C2C(=O)CC(c2ccccc2)C3)c1. The zero-order chi connectivity index (χ0) is 25.1. The quantitative estimate of drug-likeness (QED) is 0.453. The van der Waals surface area contributed by atoms with Crippen molar-refractivity contribution >= 4 is 11.8 Å². The van der Waals surface area contributed by atoms with Crippen molar-refractivity contribution in [3.05, 3.63) is 124 Å². The predicted octanol–water partition coefficient (Wildman–Crippen LogP) is 5.80. The zero-order valence-corrected chi connectivity index (χ0v) is 20.5. The van der Waals surface area contributed by atoms with Gasteiger partial charge in [0.25, 0.3) is 0 Å². The number of ether oxygens (including phenoxy) is 2. The van der Waals surface area contributed by atoms with Crippen LogP contribution in [0.2, 0.25) is 0 Å². The molecule has 5 rings (SSSR count). The first-order valence-electron chi connectivity index (χ1n) is 12.2. The van der Waals surface area contributed by atoms with E-state index in [-0.39, 0.29) is 18.3 Å². The lowest BCUT2D eigenvalue weighted by Crippen LogP contribution is -2.36. The molecule has 2 unspecified atom stereocenters. The summed E-state index contributed by atoms with van der Waals surface area (Å²) in [7, 11) is 1.61. The first-order chi connectivity index (χ1) is 17.5. The smallest absolute Gasteiger partial charge is 0.337 e. The minimum absolute atomic E-state index is 0.0475. The third kappa shape index (κ3) is 4.69. The van der Waals surface area contributed by atoms with Crippen LogP contribution in [-0.2, 0) is 20.9 Å². The van der Waals surface area contributed by atoms with Crippen LogP contribution in [0.5, 0.6) is 5.75 Å². The molecule has 5 heteroatoms. The fourth-order valence-electron chi connectivity index (χ4n) is 5.23. The molecule has 2 atom stereocenters. The predicted molar refractivity (Wildman–Crippen MR) is 138 cm³/mol. The van der Waals surface area contributed by atoms with Crippen molar-refractivity contribution in [3.63, 3.8) is 0 Å². The van der Waals surface area contributed by atoms with Crippen LogP contribution in [0.25, 0.3) is 0 Å². The molecule has 1 heterocycles. The van der Waals surface area contributed by atoms with E-state index in [1.165, 1.54) is 0 Å². The van der Waals surface area contributed by atoms with Crippen LogP contribution in [0.4, 0.5) is 0 Å². The van der Waals surface area contributed by atoms with Crippen LogP contribution in [0.3, 0.4) is 0 Å². The van der Waals surface area contributed by atoms with E-state index < -0.39 is 11.9 Å². The summed E-state index contributed by atoms with van der Waals surface area (Å²) >= 11 is 0. The lowest BCUT2D eigenvalue weighted by Gasteiger charge is -2.36. The molecule has 0 fully saturated rings. The maximum absolute atomic E-state index is 13.7. The number of ketones is 1. The molecule has 0 saturated carbocycles. The van der Waals surface area contributed by atoms with Crippen LogP contribution in [0, 0.1) is 0 Å². The molecule has 0 spiro atoms. The zero-order valence-electron chi connectivity index (χ0n) is 20.5. The van der Waals surface area contributed by atoms with Crippen LogP contribution in [0.15, 0.2) is 107 Å². The second-order valence-electron chi connectivity index (χ2n) is 9.27. The molecular weight excluding hydrogens is 450 g/mol. The molecule has 0 radical (unpaired) electrons. The highest BCUT2D eigenvalue weighted by Gasteiger charge is 2.41. The van der Waals surface area contributed by atoms with Crippen molar-refractivity contribution in [2.45, 2.75) is 38.2 Å². The summed E-state index contributed by atoms with van der Waals surface area (Å²) in [5.41, 5.74) is 5.58. The van der Waals surface area contributed by atoms with Gasteiger partial charge in [-0.25, -0.2) is 4.79 Å². The lowest BCUT2D eigenvalue weighted by atomic mass is 9.71. The summed E-state index contributed by atoms with van der Waals surface area (Å²) in [5, 5.41) is 3.41. The van der Waals surface area contributed by atoms with Gasteiger partial charge in [-0.2, -0.15) is 0 Å². The second-order valence-corrected chi connectivity index (χ2v) is 9.27. The van der Waals surface area contributed by atoms with Gasteiger partial charge in [-0.15, -0.1) is 0 Å². The Kier molecular flexibility index (Phi) is 6.72. The van der Waals surface area contributed by atoms with E-state index in [9.17, 15) is 9.59 Å². The van der Waals surface area contributed by atoms with Crippen LogP contribution >= 0.6 is 0 Å². The Morgan fingerprint density at radius 1 is 0.917 bits per heavy atom. The second kappa shape index (κ2) is 10.2. The first kappa shape index (κ1) is 23.6. The number of methoxy groups -OCH3 is 1. The highest BCUT2D eigenvalue weighted by molar-refractivity contribution is 6.04. The Morgan fingerprint density at radius 3 is 2.33 bits per heavy atom. The lowest BCUT2D eigenvalue weighted by molar-refractivity contribution is -0.140. The van der Waals surface area contributed by atoms with E-state index in [1.54, 1.807) is 7.11 Å². The molecule has 0 aromatic heterocycles. The number of carbonyl (C=O) groups is 2. The van der Waals surface area contributed by atoms with Gasteiger partial charge >= 0.3 is 5.97 Å². The number of benzene rings is 3. The van der Waals surface area contributed by atoms with Crippen molar-refractivity contribution in [3.8, 4) is 5.75 Å². The van der Waals surface area contributed by atoms with Gasteiger partial charge in [-0.1, -0.05) is 72.8 Å². The van der Waals surface area contributed by atoms with Crippen LogP contribution < -0.4 is 10.1 Å². The number of hydrogen-bond acceptors (Lipinski definition) is 5. The average molecular weight is 480 g/mol. The van der Waals surface area contributed by atoms with E-state index in [2.05, 4.69) is 17.4 Å². The molecule has 1 aliphatic carbocycles. The Balaban J connectivity index is 1.53. The number of hydrogen-bond donors (Lipinski definition) is 1. The van der Waals surface area contributed by atoms with Gasteiger partial charge in [-0.05, 0) is 48.1 Å². The molecule has 3 aromatic carbocycles. The van der Waals surface area contributed by atoms with E-state index in [0.29, 0.717) is 35.4 Å². The fraction of sp³-hybridized carbons (Fsp3) is 0.226. The van der Waals surface area contributed by atoms with E-state index in [4.69, 9.17) is 9.47 Å². The van der Waals surface area contributed by atoms with Gasteiger partial charge in [0.05, 0.1) is 12.7 Å². The van der Waals surface area contributed by atoms with E-state index in [0.717, 1.165) is 22.4 Å². The van der Waals surface area contributed by atoms with E-state index >= 15 is 0 Å². The summed E-state index contributed by atoms with van der Waals surface area (Å²) in [6.45, 7) is 2.05. The number of dihydropyridines is 1. The van der Waals surface area contributed by atoms with Crippen LogP contribution in [0.1, 0.15) is 48.3 Å². The summed E-state index contributed by atoms with van der Waals surface area (Å²) in [6, 6.07) is 27.3. The molecule has 1 N–H and O–H groups in total. The molecule has 3 aromatic rings. The van der Waals surface area contributed by atoms with Crippen LogP contribution in [-0.4, -0.2) is 18.9 Å².